The molecule has 2 saturated carbocycles. The van der Waals surface area contributed by atoms with Gasteiger partial charge in [0.1, 0.15) is 18.9 Å². The number of aliphatic carboxylic acids is 1. The van der Waals surface area contributed by atoms with Gasteiger partial charge in [-0.1, -0.05) is 74.0 Å². The highest BCUT2D eigenvalue weighted by molar-refractivity contribution is 6.62. The van der Waals surface area contributed by atoms with Crippen molar-refractivity contribution in [3.05, 3.63) is 88.2 Å². The predicted octanol–water partition coefficient (Wildman–Crippen LogP) is 8.91. The summed E-state index contributed by atoms with van der Waals surface area (Å²) in [5, 5.41) is 9.34. The number of hydrogen-bond donors (Lipinski definition) is 1. The van der Waals surface area contributed by atoms with Gasteiger partial charge in [0.15, 0.2) is 18.0 Å². The highest BCUT2D eigenvalue weighted by atomic mass is 35.5. The van der Waals surface area contributed by atoms with Crippen LogP contribution in [0.15, 0.2) is 60.9 Å². The standard InChI is InChI=1S/C45H57BClNO8/c1-30-25-34-27-31(2)44(36(26-30)28-34)45(51-7,56-55-44)38-19-16-35(15-12-32-20-23-48(24-21-32)22-10-8-9-11-39(49)50)41(40(38)47)52-29-33-13-17-37(18-14-33)46-53-42(3,4)43(5,6)54-46/h12-21,23-24,30-31,34,36H,8-11,22,25-29H2,1-7H3/p+1/b15-12+. The first-order valence-electron chi connectivity index (χ1n) is 20.4. The third-order valence-corrected chi connectivity index (χ3v) is 13.6. The number of hydrogen-bond acceptors (Lipinski definition) is 7. The third-order valence-electron chi connectivity index (χ3n) is 13.2. The van der Waals surface area contributed by atoms with E-state index in [1.807, 2.05) is 42.5 Å². The lowest BCUT2D eigenvalue weighted by Gasteiger charge is -2.65. The molecule has 6 atom stereocenters. The fourth-order valence-electron chi connectivity index (χ4n) is 9.55. The Labute approximate surface area is 337 Å². The second-order valence-corrected chi connectivity index (χ2v) is 18.0. The minimum absolute atomic E-state index is 0.209. The van der Waals surface area contributed by atoms with Crippen molar-refractivity contribution < 1.29 is 43.0 Å². The van der Waals surface area contributed by atoms with Crippen molar-refractivity contribution in [1.29, 1.82) is 0 Å². The summed E-state index contributed by atoms with van der Waals surface area (Å²) in [5.41, 5.74) is 2.98. The maximum absolute atomic E-state index is 10.8. The molecule has 6 unspecified atom stereocenters. The molecule has 4 fully saturated rings. The highest BCUT2D eigenvalue weighted by Gasteiger charge is 2.74. The van der Waals surface area contributed by atoms with E-state index in [0.29, 0.717) is 34.6 Å². The Bertz CT molecular complexity index is 1880. The van der Waals surface area contributed by atoms with Gasteiger partial charge in [0.05, 0.1) is 16.2 Å². The summed E-state index contributed by atoms with van der Waals surface area (Å²) < 4.78 is 27.8. The maximum atomic E-state index is 10.8. The van der Waals surface area contributed by atoms with Crippen molar-refractivity contribution in [1.82, 2.24) is 0 Å². The predicted molar refractivity (Wildman–Crippen MR) is 217 cm³/mol. The Morgan fingerprint density at radius 2 is 1.62 bits per heavy atom. The molecule has 11 heteroatoms. The van der Waals surface area contributed by atoms with Gasteiger partial charge in [0.25, 0.3) is 5.79 Å². The molecule has 3 heterocycles. The van der Waals surface area contributed by atoms with Gasteiger partial charge in [0.2, 0.25) is 0 Å². The molecule has 2 aliphatic heterocycles. The molecule has 2 aliphatic carbocycles. The summed E-state index contributed by atoms with van der Waals surface area (Å²) in [6.45, 7) is 14.0. The highest BCUT2D eigenvalue weighted by Crippen LogP contribution is 2.65. The smallest absolute Gasteiger partial charge is 0.487 e. The van der Waals surface area contributed by atoms with Crippen LogP contribution in [0, 0.1) is 23.7 Å². The quantitative estimate of drug-likeness (QED) is 0.0750. The summed E-state index contributed by atoms with van der Waals surface area (Å²) in [5.74, 6) is 0.398. The van der Waals surface area contributed by atoms with E-state index in [1.165, 1.54) is 6.42 Å². The number of carboxylic acids is 1. The Hall–Kier alpha value is -3.25. The summed E-state index contributed by atoms with van der Waals surface area (Å²) >= 11 is 7.48. The minimum Gasteiger partial charge on any atom is -0.487 e. The number of carboxylic acid groups (broad SMARTS) is 1. The van der Waals surface area contributed by atoms with Crippen LogP contribution in [0.3, 0.4) is 0 Å². The zero-order chi connectivity index (χ0) is 39.9. The number of aryl methyl sites for hydroxylation is 1. The van der Waals surface area contributed by atoms with E-state index in [-0.39, 0.29) is 24.9 Å². The number of fused-ring (bicyclic) bond motifs is 3. The molecule has 0 radical (unpaired) electrons. The zero-order valence-electron chi connectivity index (χ0n) is 34.0. The molecule has 2 aromatic carbocycles. The number of methoxy groups -OCH3 is 1. The van der Waals surface area contributed by atoms with Crippen molar-refractivity contribution >= 4 is 42.3 Å². The van der Waals surface area contributed by atoms with Crippen molar-refractivity contribution in [2.45, 2.75) is 129 Å². The van der Waals surface area contributed by atoms with Crippen LogP contribution < -0.4 is 14.8 Å². The second kappa shape index (κ2) is 16.2. The largest absolute Gasteiger partial charge is 0.494 e. The number of halogens is 1. The summed E-state index contributed by atoms with van der Waals surface area (Å²) in [7, 11) is 1.25. The van der Waals surface area contributed by atoms with Gasteiger partial charge >= 0.3 is 13.1 Å². The van der Waals surface area contributed by atoms with Gasteiger partial charge in [-0.05, 0) is 106 Å². The monoisotopic (exact) mass is 786 g/mol. The van der Waals surface area contributed by atoms with Crippen molar-refractivity contribution in [2.24, 2.45) is 23.7 Å². The number of ether oxygens (including phenoxy) is 2. The number of unbranched alkanes of at least 4 members (excludes halogenated alkanes) is 2. The Morgan fingerprint density at radius 3 is 2.27 bits per heavy atom. The summed E-state index contributed by atoms with van der Waals surface area (Å²) in [4.78, 5) is 23.2. The van der Waals surface area contributed by atoms with E-state index in [4.69, 9.17) is 45.3 Å². The normalized spacial score (nSPS) is 29.1. The van der Waals surface area contributed by atoms with Crippen LogP contribution in [0.5, 0.6) is 5.75 Å². The van der Waals surface area contributed by atoms with Crippen molar-refractivity contribution in [2.75, 3.05) is 7.11 Å². The maximum Gasteiger partial charge on any atom is 0.494 e. The van der Waals surface area contributed by atoms with E-state index in [1.54, 1.807) is 7.11 Å². The Morgan fingerprint density at radius 1 is 0.911 bits per heavy atom. The van der Waals surface area contributed by atoms with Crippen LogP contribution >= 0.6 is 11.6 Å². The van der Waals surface area contributed by atoms with Gasteiger partial charge < -0.3 is 23.9 Å². The lowest BCUT2D eigenvalue weighted by Crippen LogP contribution is -2.74. The van der Waals surface area contributed by atoms with Crippen LogP contribution in [0.4, 0.5) is 0 Å². The number of nitrogens with zero attached hydrogens (tertiary/aromatic N) is 1. The van der Waals surface area contributed by atoms with Crippen LogP contribution in [0.25, 0.3) is 12.2 Å². The molecule has 300 valence electrons. The Kier molecular flexibility index (Phi) is 11.8. The topological polar surface area (TPSA) is 96.6 Å². The molecule has 1 N–H and O–H groups in total. The number of carbonyl (C=O) groups is 1. The summed E-state index contributed by atoms with van der Waals surface area (Å²) in [6.07, 6.45) is 15.4. The summed E-state index contributed by atoms with van der Waals surface area (Å²) in [6, 6.07) is 16.3. The van der Waals surface area contributed by atoms with Crippen LogP contribution in [-0.4, -0.2) is 42.1 Å². The molecule has 9 nitrogen and oxygen atoms in total. The minimum atomic E-state index is -1.18. The lowest BCUT2D eigenvalue weighted by atomic mass is 9.54. The van der Waals surface area contributed by atoms with Crippen LogP contribution in [-0.2, 0) is 47.6 Å². The molecule has 1 aromatic heterocycles. The van der Waals surface area contributed by atoms with Gasteiger partial charge in [-0.15, -0.1) is 0 Å². The van der Waals surface area contributed by atoms with E-state index in [0.717, 1.165) is 60.8 Å². The van der Waals surface area contributed by atoms with E-state index in [2.05, 4.69) is 76.7 Å². The van der Waals surface area contributed by atoms with E-state index >= 15 is 0 Å². The number of pyridine rings is 1. The SMILES string of the molecule is COC1(c2ccc(/C=C/c3cc[n+](CCCCCC(=O)O)cc3)c(OCc3ccc(B4OC(C)(C)C(C)(C)O4)cc3)c2Cl)OOC12C(C)CC1CC(C)CC2C1. The fraction of sp³-hybridized carbons (Fsp3) is 0.556. The first kappa shape index (κ1) is 40.9. The molecule has 2 bridgehead atoms. The first-order valence-corrected chi connectivity index (χ1v) is 20.8. The van der Waals surface area contributed by atoms with Crippen LogP contribution in [0.1, 0.15) is 115 Å². The van der Waals surface area contributed by atoms with Gasteiger partial charge in [-0.3, -0.25) is 4.79 Å². The van der Waals surface area contributed by atoms with Gasteiger partial charge in [0, 0.05) is 43.2 Å². The first-order chi connectivity index (χ1) is 26.7. The molecule has 1 spiro atoms. The molecule has 4 aliphatic rings. The molecular weight excluding hydrogens is 729 g/mol. The van der Waals surface area contributed by atoms with Gasteiger partial charge in [-0.2, -0.15) is 4.89 Å². The number of benzene rings is 2. The van der Waals surface area contributed by atoms with Crippen molar-refractivity contribution in [3.63, 3.8) is 0 Å². The molecule has 56 heavy (non-hydrogen) atoms. The molecular formula is C45H58BClNO8+. The molecule has 2 saturated heterocycles. The molecule has 0 amide bonds. The fourth-order valence-corrected chi connectivity index (χ4v) is 9.90. The second-order valence-electron chi connectivity index (χ2n) is 17.7. The lowest BCUT2D eigenvalue weighted by molar-refractivity contribution is -0.697. The molecule has 3 aromatic rings. The van der Waals surface area contributed by atoms with E-state index in [9.17, 15) is 4.79 Å². The number of aromatic nitrogens is 1. The van der Waals surface area contributed by atoms with Crippen molar-refractivity contribution in [3.8, 4) is 5.75 Å². The van der Waals surface area contributed by atoms with Gasteiger partial charge in [-0.25, -0.2) is 9.45 Å². The molecule has 7 rings (SSSR count). The average Bonchev–Trinajstić information content (AvgIpc) is 3.36. The Balaban J connectivity index is 1.15. The average molecular weight is 787 g/mol. The van der Waals surface area contributed by atoms with Crippen LogP contribution in [0.2, 0.25) is 5.02 Å². The van der Waals surface area contributed by atoms with E-state index < -0.39 is 35.7 Å². The zero-order valence-corrected chi connectivity index (χ0v) is 34.8. The number of rotatable bonds is 14. The third kappa shape index (κ3) is 7.70.